The Morgan fingerprint density at radius 2 is 2.00 bits per heavy atom. The lowest BCUT2D eigenvalue weighted by Crippen LogP contribution is -2.16. The van der Waals surface area contributed by atoms with Gasteiger partial charge >= 0.3 is 5.97 Å². The topological polar surface area (TPSA) is 68.5 Å². The van der Waals surface area contributed by atoms with Gasteiger partial charge in [-0.1, -0.05) is 11.6 Å². The Hall–Kier alpha value is -2.18. The number of nitrogens with zero attached hydrogens (tertiary/aromatic N) is 1. The van der Waals surface area contributed by atoms with Crippen molar-refractivity contribution in [2.45, 2.75) is 11.4 Å². The Morgan fingerprint density at radius 1 is 1.29 bits per heavy atom. The van der Waals surface area contributed by atoms with Crippen LogP contribution in [0.25, 0.3) is 21.8 Å². The van der Waals surface area contributed by atoms with E-state index in [9.17, 15) is 14.7 Å². The SMILES string of the molecule is COc1c(Cl)ccc2c(=O)c3ccc(SC)cc3n(CC(=O)O)c12. The maximum absolute atomic E-state index is 12.8. The van der Waals surface area contributed by atoms with Gasteiger partial charge in [-0.15, -0.1) is 11.8 Å². The number of methoxy groups -OCH3 is 1. The van der Waals surface area contributed by atoms with E-state index in [1.54, 1.807) is 22.8 Å². The monoisotopic (exact) mass is 363 g/mol. The molecule has 0 aliphatic carbocycles. The minimum Gasteiger partial charge on any atom is -0.493 e. The van der Waals surface area contributed by atoms with Gasteiger partial charge in [0.05, 0.1) is 28.6 Å². The molecule has 0 aliphatic rings. The van der Waals surface area contributed by atoms with Crippen molar-refractivity contribution in [3.05, 3.63) is 45.6 Å². The van der Waals surface area contributed by atoms with E-state index in [0.717, 1.165) is 4.90 Å². The molecule has 5 nitrogen and oxygen atoms in total. The summed E-state index contributed by atoms with van der Waals surface area (Å²) < 4.78 is 6.92. The van der Waals surface area contributed by atoms with E-state index in [2.05, 4.69) is 0 Å². The first-order chi connectivity index (χ1) is 11.5. The van der Waals surface area contributed by atoms with Crippen LogP contribution in [0.15, 0.2) is 40.0 Å². The number of carboxylic acid groups (broad SMARTS) is 1. The van der Waals surface area contributed by atoms with Crippen molar-refractivity contribution in [2.75, 3.05) is 13.4 Å². The van der Waals surface area contributed by atoms with Gasteiger partial charge in [0.25, 0.3) is 0 Å². The van der Waals surface area contributed by atoms with Crippen molar-refractivity contribution in [3.8, 4) is 5.75 Å². The number of carbonyl (C=O) groups is 1. The van der Waals surface area contributed by atoms with Crippen LogP contribution in [0.1, 0.15) is 0 Å². The zero-order valence-corrected chi connectivity index (χ0v) is 14.6. The summed E-state index contributed by atoms with van der Waals surface area (Å²) in [7, 11) is 1.44. The summed E-state index contributed by atoms with van der Waals surface area (Å²) in [4.78, 5) is 25.2. The third kappa shape index (κ3) is 2.61. The van der Waals surface area contributed by atoms with Crippen molar-refractivity contribution in [1.29, 1.82) is 0 Å². The van der Waals surface area contributed by atoms with E-state index >= 15 is 0 Å². The van der Waals surface area contributed by atoms with E-state index in [-0.39, 0.29) is 12.0 Å². The smallest absolute Gasteiger partial charge is 0.323 e. The van der Waals surface area contributed by atoms with Crippen LogP contribution in [-0.2, 0) is 11.3 Å². The lowest BCUT2D eigenvalue weighted by molar-refractivity contribution is -0.137. The molecule has 0 spiro atoms. The van der Waals surface area contributed by atoms with Gasteiger partial charge in [-0.05, 0) is 36.6 Å². The van der Waals surface area contributed by atoms with Crippen LogP contribution >= 0.6 is 23.4 Å². The van der Waals surface area contributed by atoms with Crippen molar-refractivity contribution in [2.24, 2.45) is 0 Å². The largest absolute Gasteiger partial charge is 0.493 e. The summed E-state index contributed by atoms with van der Waals surface area (Å²) in [6.07, 6.45) is 1.92. The Kier molecular flexibility index (Phi) is 4.43. The molecule has 2 aromatic carbocycles. The molecule has 7 heteroatoms. The highest BCUT2D eigenvalue weighted by atomic mass is 35.5. The number of benzene rings is 2. The number of pyridine rings is 1. The molecule has 0 saturated heterocycles. The van der Waals surface area contributed by atoms with Gasteiger partial charge in [0.2, 0.25) is 0 Å². The number of rotatable bonds is 4. The number of hydrogen-bond donors (Lipinski definition) is 1. The highest BCUT2D eigenvalue weighted by molar-refractivity contribution is 7.98. The summed E-state index contributed by atoms with van der Waals surface area (Å²) in [5, 5.41) is 10.5. The molecule has 0 saturated carbocycles. The third-order valence-electron chi connectivity index (χ3n) is 3.84. The molecule has 1 heterocycles. The zero-order chi connectivity index (χ0) is 17.4. The number of halogens is 1. The van der Waals surface area contributed by atoms with Crippen LogP contribution in [0.3, 0.4) is 0 Å². The zero-order valence-electron chi connectivity index (χ0n) is 13.0. The third-order valence-corrected chi connectivity index (χ3v) is 4.86. The molecule has 3 rings (SSSR count). The quantitative estimate of drug-likeness (QED) is 0.566. The Labute approximate surface area is 146 Å². The van der Waals surface area contributed by atoms with E-state index in [4.69, 9.17) is 16.3 Å². The average Bonchev–Trinajstić information content (AvgIpc) is 2.57. The van der Waals surface area contributed by atoms with Gasteiger partial charge in [0.1, 0.15) is 6.54 Å². The summed E-state index contributed by atoms with van der Waals surface area (Å²) in [6, 6.07) is 8.56. The maximum Gasteiger partial charge on any atom is 0.323 e. The fourth-order valence-corrected chi connectivity index (χ4v) is 3.47. The highest BCUT2D eigenvalue weighted by Gasteiger charge is 2.18. The number of ether oxygens (including phenoxy) is 1. The molecule has 0 atom stereocenters. The van der Waals surface area contributed by atoms with Crippen LogP contribution < -0.4 is 10.2 Å². The first-order valence-electron chi connectivity index (χ1n) is 7.06. The lowest BCUT2D eigenvalue weighted by Gasteiger charge is -2.17. The minimum absolute atomic E-state index is 0.177. The molecule has 124 valence electrons. The van der Waals surface area contributed by atoms with E-state index in [1.807, 2.05) is 18.4 Å². The van der Waals surface area contributed by atoms with Gasteiger partial charge in [-0.25, -0.2) is 0 Å². The molecule has 24 heavy (non-hydrogen) atoms. The first kappa shape index (κ1) is 16.7. The summed E-state index contributed by atoms with van der Waals surface area (Å²) >= 11 is 7.70. The minimum atomic E-state index is -1.02. The summed E-state index contributed by atoms with van der Waals surface area (Å²) in [6.45, 7) is -0.304. The molecule has 0 fully saturated rings. The van der Waals surface area contributed by atoms with Crippen molar-refractivity contribution in [3.63, 3.8) is 0 Å². The van der Waals surface area contributed by atoms with Crippen LogP contribution in [0.2, 0.25) is 5.02 Å². The standard InChI is InChI=1S/C17H14ClNO4S/c1-23-17-12(18)6-5-11-15(17)19(8-14(20)21)13-7-9(24-2)3-4-10(13)16(11)22/h3-7H,8H2,1-2H3,(H,20,21). The molecular weight excluding hydrogens is 350 g/mol. The Bertz CT molecular complexity index is 1030. The van der Waals surface area contributed by atoms with Crippen LogP contribution in [0.5, 0.6) is 5.75 Å². The molecule has 1 aromatic heterocycles. The van der Waals surface area contributed by atoms with Crippen LogP contribution in [0.4, 0.5) is 0 Å². The number of aliphatic carboxylic acids is 1. The van der Waals surface area contributed by atoms with Gasteiger partial charge in [-0.2, -0.15) is 0 Å². The molecule has 0 radical (unpaired) electrons. The van der Waals surface area contributed by atoms with Gasteiger partial charge in [0, 0.05) is 10.3 Å². The fraction of sp³-hybridized carbons (Fsp3) is 0.176. The molecular formula is C17H14ClNO4S. The lowest BCUT2D eigenvalue weighted by atomic mass is 10.1. The predicted octanol–water partition coefficient (Wildman–Crippen LogP) is 3.62. The molecule has 0 unspecified atom stereocenters. The van der Waals surface area contributed by atoms with Gasteiger partial charge in [-0.3, -0.25) is 9.59 Å². The van der Waals surface area contributed by atoms with Crippen LogP contribution in [0, 0.1) is 0 Å². The molecule has 3 aromatic rings. The highest BCUT2D eigenvalue weighted by Crippen LogP contribution is 2.34. The van der Waals surface area contributed by atoms with E-state index in [0.29, 0.717) is 32.6 Å². The second kappa shape index (κ2) is 6.37. The number of thioether (sulfide) groups is 1. The van der Waals surface area contributed by atoms with Crippen molar-refractivity contribution < 1.29 is 14.6 Å². The number of carboxylic acids is 1. The normalized spacial score (nSPS) is 11.1. The van der Waals surface area contributed by atoms with Gasteiger partial charge in [0.15, 0.2) is 11.2 Å². The molecule has 1 N–H and O–H groups in total. The average molecular weight is 364 g/mol. The molecule has 0 aliphatic heterocycles. The first-order valence-corrected chi connectivity index (χ1v) is 8.66. The summed E-state index contributed by atoms with van der Waals surface area (Å²) in [5.41, 5.74) is 0.759. The molecule has 0 bridgehead atoms. The number of fused-ring (bicyclic) bond motifs is 2. The second-order valence-corrected chi connectivity index (χ2v) is 6.46. The van der Waals surface area contributed by atoms with Gasteiger partial charge < -0.3 is 14.4 Å². The van der Waals surface area contributed by atoms with E-state index < -0.39 is 5.97 Å². The second-order valence-electron chi connectivity index (χ2n) is 5.17. The molecule has 0 amide bonds. The number of hydrogen-bond acceptors (Lipinski definition) is 4. The maximum atomic E-state index is 12.8. The summed E-state index contributed by atoms with van der Waals surface area (Å²) in [5.74, 6) is -0.721. The van der Waals surface area contributed by atoms with Crippen molar-refractivity contribution in [1.82, 2.24) is 4.57 Å². The van der Waals surface area contributed by atoms with E-state index in [1.165, 1.54) is 18.9 Å². The Balaban J connectivity index is 2.60. The predicted molar refractivity (Wildman–Crippen MR) is 96.7 cm³/mol. The van der Waals surface area contributed by atoms with Crippen molar-refractivity contribution >= 4 is 51.1 Å². The fourth-order valence-electron chi connectivity index (χ4n) is 2.81. The Morgan fingerprint density at radius 3 is 2.62 bits per heavy atom. The van der Waals surface area contributed by atoms with Crippen LogP contribution in [-0.4, -0.2) is 29.0 Å². The number of aromatic nitrogens is 1.